The lowest BCUT2D eigenvalue weighted by atomic mass is 9.84. The van der Waals surface area contributed by atoms with E-state index in [-0.39, 0.29) is 18.4 Å². The average molecular weight is 303 g/mol. The van der Waals surface area contributed by atoms with E-state index in [0.717, 1.165) is 5.56 Å². The predicted octanol–water partition coefficient (Wildman–Crippen LogP) is 1.45. The van der Waals surface area contributed by atoms with Gasteiger partial charge >= 0.3 is 5.97 Å². The number of nitrogens with zero attached hydrogens (tertiary/aromatic N) is 1. The number of nitrogens with two attached hydrogens (primary N) is 1. The van der Waals surface area contributed by atoms with E-state index in [1.165, 1.54) is 0 Å². The lowest BCUT2D eigenvalue weighted by molar-refractivity contribution is -0.137. The number of carbonyl (C=O) groups excluding carboxylic acids is 1. The topological polar surface area (TPSA) is 116 Å². The summed E-state index contributed by atoms with van der Waals surface area (Å²) in [5.74, 6) is -1.48. The van der Waals surface area contributed by atoms with E-state index in [9.17, 15) is 14.9 Å². The number of nitrogens with one attached hydrogen (secondary N) is 1. The van der Waals surface area contributed by atoms with Crippen molar-refractivity contribution in [2.24, 2.45) is 5.73 Å². The van der Waals surface area contributed by atoms with Crippen LogP contribution in [0.4, 0.5) is 0 Å². The first-order valence-corrected chi connectivity index (χ1v) is 6.94. The summed E-state index contributed by atoms with van der Waals surface area (Å²) in [6, 6.07) is 6.54. The molecule has 4 N–H and O–H groups in total. The summed E-state index contributed by atoms with van der Waals surface area (Å²) >= 11 is 0. The molecule has 0 aromatic heterocycles. The Hall–Kier alpha value is -2.39. The van der Waals surface area contributed by atoms with Crippen LogP contribution in [0.15, 0.2) is 18.2 Å². The van der Waals surface area contributed by atoms with Gasteiger partial charge in [0, 0.05) is 0 Å². The molecule has 0 fully saturated rings. The van der Waals surface area contributed by atoms with Crippen molar-refractivity contribution >= 4 is 11.9 Å². The van der Waals surface area contributed by atoms with E-state index in [1.807, 2.05) is 26.8 Å². The molecule has 0 saturated carbocycles. The third-order valence-corrected chi connectivity index (χ3v) is 3.25. The fraction of sp³-hybridized carbons (Fsp3) is 0.438. The van der Waals surface area contributed by atoms with Crippen LogP contribution in [0.2, 0.25) is 0 Å². The Labute approximate surface area is 129 Å². The molecule has 1 amide bonds. The van der Waals surface area contributed by atoms with E-state index in [0.29, 0.717) is 11.1 Å². The van der Waals surface area contributed by atoms with Crippen molar-refractivity contribution in [1.82, 2.24) is 5.32 Å². The van der Waals surface area contributed by atoms with Gasteiger partial charge in [0.05, 0.1) is 30.6 Å². The van der Waals surface area contributed by atoms with Crippen molar-refractivity contribution in [2.75, 3.05) is 6.54 Å². The molecule has 118 valence electrons. The van der Waals surface area contributed by atoms with E-state index in [2.05, 4.69) is 11.4 Å². The Kier molecular flexibility index (Phi) is 5.66. The average Bonchev–Trinajstić information content (AvgIpc) is 2.44. The van der Waals surface area contributed by atoms with Crippen LogP contribution in [0, 0.1) is 11.3 Å². The standard InChI is InChI=1S/C16H21N3O3/c1-16(2,3)12-5-10(8-17)4-11(6-12)13(7-15(21)22)19-14(20)9-18/h4-6,13H,7,9,18H2,1-3H3,(H,19,20)(H,21,22)/t13-/m0/s1. The van der Waals surface area contributed by atoms with Gasteiger partial charge in [-0.2, -0.15) is 5.26 Å². The molecule has 0 aliphatic carbocycles. The van der Waals surface area contributed by atoms with Crippen LogP contribution in [-0.4, -0.2) is 23.5 Å². The number of benzene rings is 1. The number of amides is 1. The number of carbonyl (C=O) groups is 2. The van der Waals surface area contributed by atoms with E-state index >= 15 is 0 Å². The number of aliphatic carboxylic acids is 1. The van der Waals surface area contributed by atoms with Gasteiger partial charge in [0.15, 0.2) is 0 Å². The molecule has 6 nitrogen and oxygen atoms in total. The van der Waals surface area contributed by atoms with Crippen molar-refractivity contribution in [1.29, 1.82) is 5.26 Å². The molecule has 0 unspecified atom stereocenters. The molecule has 0 heterocycles. The maximum absolute atomic E-state index is 11.5. The first-order valence-electron chi connectivity index (χ1n) is 6.94. The predicted molar refractivity (Wildman–Crippen MR) is 82.0 cm³/mol. The van der Waals surface area contributed by atoms with Gasteiger partial charge in [-0.1, -0.05) is 26.8 Å². The minimum Gasteiger partial charge on any atom is -0.481 e. The van der Waals surface area contributed by atoms with Crippen LogP contribution in [0.25, 0.3) is 0 Å². The largest absolute Gasteiger partial charge is 0.481 e. The molecule has 1 aromatic rings. The molecule has 0 bridgehead atoms. The molecule has 1 rings (SSSR count). The Morgan fingerprint density at radius 3 is 2.45 bits per heavy atom. The molecular formula is C16H21N3O3. The molecule has 6 heteroatoms. The van der Waals surface area contributed by atoms with Gasteiger partial charge in [-0.15, -0.1) is 0 Å². The fourth-order valence-electron chi connectivity index (χ4n) is 2.03. The van der Waals surface area contributed by atoms with Crippen LogP contribution in [0.5, 0.6) is 0 Å². The molecule has 0 aliphatic heterocycles. The summed E-state index contributed by atoms with van der Waals surface area (Å²) < 4.78 is 0. The molecule has 0 spiro atoms. The van der Waals surface area contributed by atoms with Gasteiger partial charge in [-0.25, -0.2) is 0 Å². The number of carboxylic acids is 1. The minimum atomic E-state index is -1.04. The number of carboxylic acid groups (broad SMARTS) is 1. The number of rotatable bonds is 5. The Morgan fingerprint density at radius 1 is 1.36 bits per heavy atom. The fourth-order valence-corrected chi connectivity index (χ4v) is 2.03. The van der Waals surface area contributed by atoms with Gasteiger partial charge in [-0.05, 0) is 28.7 Å². The third-order valence-electron chi connectivity index (χ3n) is 3.25. The summed E-state index contributed by atoms with van der Waals surface area (Å²) in [6.45, 7) is 5.77. The summed E-state index contributed by atoms with van der Waals surface area (Å²) in [7, 11) is 0. The molecule has 0 aliphatic rings. The van der Waals surface area contributed by atoms with E-state index in [1.54, 1.807) is 12.1 Å². The maximum Gasteiger partial charge on any atom is 0.305 e. The third kappa shape index (κ3) is 4.86. The highest BCUT2D eigenvalue weighted by Gasteiger charge is 2.21. The van der Waals surface area contributed by atoms with Gasteiger partial charge in [0.2, 0.25) is 5.91 Å². The Balaban J connectivity index is 3.31. The van der Waals surface area contributed by atoms with E-state index < -0.39 is 17.9 Å². The van der Waals surface area contributed by atoms with Crippen molar-refractivity contribution in [3.8, 4) is 6.07 Å². The number of nitriles is 1. The zero-order valence-electron chi connectivity index (χ0n) is 13.0. The van der Waals surface area contributed by atoms with Crippen molar-refractivity contribution in [3.05, 3.63) is 34.9 Å². The summed E-state index contributed by atoms with van der Waals surface area (Å²) in [6.07, 6.45) is -0.274. The molecule has 1 aromatic carbocycles. The second-order valence-corrected chi connectivity index (χ2v) is 6.13. The Morgan fingerprint density at radius 2 is 2.00 bits per heavy atom. The second kappa shape index (κ2) is 7.05. The normalized spacial score (nSPS) is 12.3. The molecular weight excluding hydrogens is 282 g/mol. The van der Waals surface area contributed by atoms with Crippen molar-refractivity contribution < 1.29 is 14.7 Å². The SMILES string of the molecule is CC(C)(C)c1cc(C#N)cc([C@H](CC(=O)O)NC(=O)CN)c1. The second-order valence-electron chi connectivity index (χ2n) is 6.13. The highest BCUT2D eigenvalue weighted by Crippen LogP contribution is 2.28. The highest BCUT2D eigenvalue weighted by atomic mass is 16.4. The minimum absolute atomic E-state index is 0.201. The van der Waals surface area contributed by atoms with E-state index in [4.69, 9.17) is 10.8 Å². The van der Waals surface area contributed by atoms with Crippen LogP contribution in [-0.2, 0) is 15.0 Å². The zero-order chi connectivity index (χ0) is 16.9. The summed E-state index contributed by atoms with van der Waals surface area (Å²) in [5, 5.41) is 20.8. The molecule has 0 saturated heterocycles. The number of hydrogen-bond donors (Lipinski definition) is 3. The lowest BCUT2D eigenvalue weighted by Gasteiger charge is -2.23. The summed E-state index contributed by atoms with van der Waals surface area (Å²) in [4.78, 5) is 22.6. The quantitative estimate of drug-likeness (QED) is 0.761. The van der Waals surface area contributed by atoms with Gasteiger partial charge in [0.25, 0.3) is 0 Å². The maximum atomic E-state index is 11.5. The van der Waals surface area contributed by atoms with Gasteiger partial charge in [-0.3, -0.25) is 9.59 Å². The van der Waals surface area contributed by atoms with Gasteiger partial charge in [0.1, 0.15) is 0 Å². The van der Waals surface area contributed by atoms with Crippen LogP contribution >= 0.6 is 0 Å². The zero-order valence-corrected chi connectivity index (χ0v) is 13.0. The van der Waals surface area contributed by atoms with Gasteiger partial charge < -0.3 is 16.2 Å². The van der Waals surface area contributed by atoms with Crippen LogP contribution in [0.1, 0.15) is 49.9 Å². The van der Waals surface area contributed by atoms with Crippen LogP contribution in [0.3, 0.4) is 0 Å². The van der Waals surface area contributed by atoms with Crippen LogP contribution < -0.4 is 11.1 Å². The lowest BCUT2D eigenvalue weighted by Crippen LogP contribution is -2.35. The van der Waals surface area contributed by atoms with Crippen molar-refractivity contribution in [3.63, 3.8) is 0 Å². The summed E-state index contributed by atoms with van der Waals surface area (Å²) in [5.41, 5.74) is 6.99. The first kappa shape index (κ1) is 17.7. The number of hydrogen-bond acceptors (Lipinski definition) is 4. The monoisotopic (exact) mass is 303 g/mol. The molecule has 1 atom stereocenters. The molecule has 0 radical (unpaired) electrons. The Bertz CT molecular complexity index is 612. The first-order chi connectivity index (χ1) is 10.2. The van der Waals surface area contributed by atoms with Crippen molar-refractivity contribution in [2.45, 2.75) is 38.6 Å². The smallest absolute Gasteiger partial charge is 0.305 e. The highest BCUT2D eigenvalue weighted by molar-refractivity contribution is 5.79. The molecule has 22 heavy (non-hydrogen) atoms.